The highest BCUT2D eigenvalue weighted by atomic mass is 16.5. The fourth-order valence-corrected chi connectivity index (χ4v) is 1.30. The molecule has 2 amide bonds. The Morgan fingerprint density at radius 1 is 1.60 bits per heavy atom. The summed E-state index contributed by atoms with van der Waals surface area (Å²) >= 11 is 0. The van der Waals surface area contributed by atoms with Gasteiger partial charge in [0.1, 0.15) is 6.61 Å². The first-order chi connectivity index (χ1) is 9.38. The molecule has 110 valence electrons. The Morgan fingerprint density at radius 2 is 2.30 bits per heavy atom. The number of urea groups is 1. The SMILES string of the molecule is C=C(C)C(=O)OCCNC(=O)NC1=NC(O)C=C(C)N1. The van der Waals surface area contributed by atoms with Crippen LogP contribution < -0.4 is 16.0 Å². The zero-order valence-corrected chi connectivity index (χ0v) is 11.4. The molecule has 8 nitrogen and oxygen atoms in total. The topological polar surface area (TPSA) is 112 Å². The minimum absolute atomic E-state index is 0.0422. The summed E-state index contributed by atoms with van der Waals surface area (Å²) < 4.78 is 4.80. The van der Waals surface area contributed by atoms with Crippen molar-refractivity contribution in [1.82, 2.24) is 16.0 Å². The third-order valence-electron chi connectivity index (χ3n) is 2.18. The van der Waals surface area contributed by atoms with Crippen LogP contribution in [0.15, 0.2) is 28.9 Å². The molecular formula is C12H18N4O4. The number of guanidine groups is 1. The number of nitrogens with zero attached hydrogens (tertiary/aromatic N) is 1. The molecule has 0 saturated heterocycles. The summed E-state index contributed by atoms with van der Waals surface area (Å²) in [5, 5.41) is 17.0. The van der Waals surface area contributed by atoms with Gasteiger partial charge in [-0.15, -0.1) is 0 Å². The smallest absolute Gasteiger partial charge is 0.333 e. The Balaban J connectivity index is 2.24. The van der Waals surface area contributed by atoms with Crippen LogP contribution in [-0.2, 0) is 9.53 Å². The van der Waals surface area contributed by atoms with Crippen molar-refractivity contribution in [3.05, 3.63) is 23.9 Å². The highest BCUT2D eigenvalue weighted by Gasteiger charge is 2.12. The monoisotopic (exact) mass is 282 g/mol. The number of carbonyl (C=O) groups excluding carboxylic acids is 2. The number of allylic oxidation sites excluding steroid dienone is 1. The molecule has 8 heteroatoms. The number of nitrogens with one attached hydrogen (secondary N) is 3. The summed E-state index contributed by atoms with van der Waals surface area (Å²) in [4.78, 5) is 26.3. The Kier molecular flexibility index (Phi) is 5.73. The van der Waals surface area contributed by atoms with E-state index in [2.05, 4.69) is 27.5 Å². The number of aliphatic hydroxyl groups is 1. The average molecular weight is 282 g/mol. The molecule has 1 rings (SSSR count). The van der Waals surface area contributed by atoms with Crippen LogP contribution in [0.4, 0.5) is 4.79 Å². The average Bonchev–Trinajstić information content (AvgIpc) is 2.32. The van der Waals surface area contributed by atoms with Gasteiger partial charge in [-0.25, -0.2) is 14.6 Å². The van der Waals surface area contributed by atoms with Crippen LogP contribution in [0, 0.1) is 0 Å². The maximum atomic E-state index is 11.5. The quantitative estimate of drug-likeness (QED) is 0.318. The minimum Gasteiger partial charge on any atom is -0.460 e. The van der Waals surface area contributed by atoms with Gasteiger partial charge >= 0.3 is 12.0 Å². The standard InChI is InChI=1S/C12H18N4O4/c1-7(2)10(18)20-5-4-13-12(19)16-11-14-8(3)6-9(17)15-11/h6,9,17H,1,4-5H2,2-3H3,(H3,13,14,15,16,19). The normalized spacial score (nSPS) is 17.2. The first-order valence-corrected chi connectivity index (χ1v) is 5.97. The highest BCUT2D eigenvalue weighted by molar-refractivity contribution is 5.97. The molecule has 0 aliphatic carbocycles. The van der Waals surface area contributed by atoms with Crippen LogP contribution in [0.1, 0.15) is 13.8 Å². The third kappa shape index (κ3) is 5.53. The molecule has 0 aromatic heterocycles. The van der Waals surface area contributed by atoms with Gasteiger partial charge in [0.2, 0.25) is 5.96 Å². The summed E-state index contributed by atoms with van der Waals surface area (Å²) in [5.74, 6) is -0.358. The molecule has 4 N–H and O–H groups in total. The second kappa shape index (κ2) is 7.29. The first-order valence-electron chi connectivity index (χ1n) is 5.97. The molecule has 1 atom stereocenters. The molecule has 20 heavy (non-hydrogen) atoms. The lowest BCUT2D eigenvalue weighted by Crippen LogP contribution is -2.47. The van der Waals surface area contributed by atoms with Crippen molar-refractivity contribution in [2.45, 2.75) is 20.1 Å². The number of hydrogen-bond acceptors (Lipinski definition) is 6. The lowest BCUT2D eigenvalue weighted by molar-refractivity contribution is -0.138. The van der Waals surface area contributed by atoms with Crippen LogP contribution >= 0.6 is 0 Å². The zero-order valence-electron chi connectivity index (χ0n) is 11.4. The zero-order chi connectivity index (χ0) is 15.1. The molecule has 0 saturated carbocycles. The number of carbonyl (C=O) groups is 2. The predicted molar refractivity (Wildman–Crippen MR) is 72.6 cm³/mol. The van der Waals surface area contributed by atoms with Crippen molar-refractivity contribution in [3.8, 4) is 0 Å². The molecule has 1 unspecified atom stereocenters. The number of amides is 2. The molecule has 0 fully saturated rings. The number of aliphatic imine (C=N–C) groups is 1. The second-order valence-electron chi connectivity index (χ2n) is 4.16. The van der Waals surface area contributed by atoms with Crippen LogP contribution in [0.3, 0.4) is 0 Å². The molecule has 0 aromatic carbocycles. The summed E-state index contributed by atoms with van der Waals surface area (Å²) in [5.41, 5.74) is 0.977. The van der Waals surface area contributed by atoms with Gasteiger partial charge in [-0.2, -0.15) is 0 Å². The van der Waals surface area contributed by atoms with Gasteiger partial charge in [0.05, 0.1) is 6.54 Å². The lowest BCUT2D eigenvalue weighted by Gasteiger charge is -2.17. The lowest BCUT2D eigenvalue weighted by atomic mass is 10.3. The predicted octanol–water partition coefficient (Wildman–Crippen LogP) is -0.414. The van der Waals surface area contributed by atoms with E-state index in [0.29, 0.717) is 11.3 Å². The number of esters is 1. The molecule has 1 aliphatic heterocycles. The van der Waals surface area contributed by atoms with E-state index in [1.165, 1.54) is 13.0 Å². The number of ether oxygens (including phenoxy) is 1. The van der Waals surface area contributed by atoms with Crippen LogP contribution in [-0.4, -0.2) is 42.4 Å². The Hall–Kier alpha value is -2.35. The first kappa shape index (κ1) is 15.7. The van der Waals surface area contributed by atoms with Gasteiger partial charge < -0.3 is 20.5 Å². The van der Waals surface area contributed by atoms with E-state index in [4.69, 9.17) is 4.74 Å². The van der Waals surface area contributed by atoms with E-state index in [1.54, 1.807) is 6.92 Å². The third-order valence-corrected chi connectivity index (χ3v) is 2.18. The summed E-state index contributed by atoms with van der Waals surface area (Å²) in [7, 11) is 0. The maximum absolute atomic E-state index is 11.5. The van der Waals surface area contributed by atoms with Crippen molar-refractivity contribution in [3.63, 3.8) is 0 Å². The second-order valence-corrected chi connectivity index (χ2v) is 4.16. The Bertz CT molecular complexity index is 470. The molecule has 1 heterocycles. The molecule has 0 bridgehead atoms. The van der Waals surface area contributed by atoms with E-state index in [0.717, 1.165) is 0 Å². The van der Waals surface area contributed by atoms with Gasteiger partial charge in [0.15, 0.2) is 6.23 Å². The van der Waals surface area contributed by atoms with E-state index in [-0.39, 0.29) is 19.1 Å². The van der Waals surface area contributed by atoms with Crippen LogP contribution in [0.2, 0.25) is 0 Å². The molecule has 1 aliphatic rings. The van der Waals surface area contributed by atoms with Gasteiger partial charge in [-0.3, -0.25) is 5.32 Å². The van der Waals surface area contributed by atoms with Gasteiger partial charge in [-0.05, 0) is 19.9 Å². The maximum Gasteiger partial charge on any atom is 0.333 e. The Morgan fingerprint density at radius 3 is 2.90 bits per heavy atom. The van der Waals surface area contributed by atoms with Crippen molar-refractivity contribution in [1.29, 1.82) is 0 Å². The fraction of sp³-hybridized carbons (Fsp3) is 0.417. The molecule has 0 spiro atoms. The summed E-state index contributed by atoms with van der Waals surface area (Å²) in [6, 6.07) is -0.524. The summed E-state index contributed by atoms with van der Waals surface area (Å²) in [6.45, 7) is 6.89. The van der Waals surface area contributed by atoms with Crippen molar-refractivity contribution in [2.24, 2.45) is 4.99 Å². The van der Waals surface area contributed by atoms with Crippen molar-refractivity contribution < 1.29 is 19.4 Å². The molecule has 0 aromatic rings. The Labute approximate surface area is 116 Å². The molecule has 0 radical (unpaired) electrons. The van der Waals surface area contributed by atoms with E-state index < -0.39 is 18.2 Å². The highest BCUT2D eigenvalue weighted by Crippen LogP contribution is 1.99. The number of rotatable bonds is 4. The number of aliphatic hydroxyl groups excluding tert-OH is 1. The van der Waals surface area contributed by atoms with Crippen LogP contribution in [0.5, 0.6) is 0 Å². The molecular weight excluding hydrogens is 264 g/mol. The van der Waals surface area contributed by atoms with Gasteiger partial charge in [-0.1, -0.05) is 6.58 Å². The minimum atomic E-state index is -0.983. The van der Waals surface area contributed by atoms with E-state index in [9.17, 15) is 14.7 Å². The van der Waals surface area contributed by atoms with Crippen molar-refractivity contribution in [2.75, 3.05) is 13.2 Å². The fourth-order valence-electron chi connectivity index (χ4n) is 1.30. The van der Waals surface area contributed by atoms with Gasteiger partial charge in [0, 0.05) is 11.3 Å². The number of hydrogen-bond donors (Lipinski definition) is 4. The van der Waals surface area contributed by atoms with Crippen LogP contribution in [0.25, 0.3) is 0 Å². The van der Waals surface area contributed by atoms with E-state index >= 15 is 0 Å². The van der Waals surface area contributed by atoms with E-state index in [1.807, 2.05) is 0 Å². The van der Waals surface area contributed by atoms with Gasteiger partial charge in [0.25, 0.3) is 0 Å². The van der Waals surface area contributed by atoms with Crippen molar-refractivity contribution >= 4 is 18.0 Å². The summed E-state index contributed by atoms with van der Waals surface area (Å²) in [6.07, 6.45) is 0.517. The largest absolute Gasteiger partial charge is 0.460 e.